The fourth-order valence-corrected chi connectivity index (χ4v) is 5.62. The van der Waals surface area contributed by atoms with Crippen LogP contribution in [0, 0.1) is 0 Å². The first-order valence-corrected chi connectivity index (χ1v) is 14.8. The monoisotopic (exact) mass is 572 g/mol. The molecule has 41 heavy (non-hydrogen) atoms. The third-order valence-electron chi connectivity index (χ3n) is 6.59. The molecule has 0 saturated heterocycles. The Kier molecular flexibility index (Phi) is 9.50. The molecule has 0 bridgehead atoms. The fourth-order valence-electron chi connectivity index (χ4n) is 4.42. The molecule has 1 aromatic heterocycles. The summed E-state index contributed by atoms with van der Waals surface area (Å²) in [5.74, 6) is 1.17. The van der Waals surface area contributed by atoms with Gasteiger partial charge in [-0.15, -0.1) is 10.2 Å². The zero-order chi connectivity index (χ0) is 29.6. The number of carbonyl (C=O) groups excluding carboxylic acids is 2. The van der Waals surface area contributed by atoms with Crippen molar-refractivity contribution in [3.8, 4) is 11.5 Å². The Labute approximate surface area is 243 Å². The number of carbonyl (C=O) groups is 2. The summed E-state index contributed by atoms with van der Waals surface area (Å²) < 4.78 is 18.9. The van der Waals surface area contributed by atoms with Crippen molar-refractivity contribution in [2.24, 2.45) is 0 Å². The number of fused-ring (bicyclic) bond motifs is 1. The number of benzene rings is 3. The van der Waals surface area contributed by atoms with E-state index in [9.17, 15) is 9.00 Å². The van der Waals surface area contributed by atoms with E-state index in [1.54, 1.807) is 4.90 Å². The van der Waals surface area contributed by atoms with Gasteiger partial charge in [0.25, 0.3) is 0 Å². The van der Waals surface area contributed by atoms with Crippen molar-refractivity contribution in [2.75, 3.05) is 22.6 Å². The summed E-state index contributed by atoms with van der Waals surface area (Å²) in [5, 5.41) is 8.43. The molecule has 1 atom stereocenters. The van der Waals surface area contributed by atoms with E-state index in [1.165, 1.54) is 12.5 Å². The Bertz CT molecular complexity index is 1510. The molecule has 1 aliphatic heterocycles. The topological polar surface area (TPSA) is 96.6 Å². The lowest BCUT2D eigenvalue weighted by atomic mass is 9.97. The van der Waals surface area contributed by atoms with Gasteiger partial charge in [-0.25, -0.2) is 0 Å². The van der Waals surface area contributed by atoms with Gasteiger partial charge in [-0.05, 0) is 48.4 Å². The molecule has 8 nitrogen and oxygen atoms in total. The fraction of sp³-hybridized carbons (Fsp3) is 0.312. The molecule has 214 valence electrons. The van der Waals surface area contributed by atoms with E-state index in [-0.39, 0.29) is 17.7 Å². The van der Waals surface area contributed by atoms with Crippen LogP contribution in [0.3, 0.4) is 0 Å². The van der Waals surface area contributed by atoms with E-state index in [4.69, 9.17) is 9.21 Å². The lowest BCUT2D eigenvalue weighted by Crippen LogP contribution is -2.30. The van der Waals surface area contributed by atoms with Crippen molar-refractivity contribution in [3.05, 3.63) is 89.8 Å². The molecule has 1 amide bonds. The first-order valence-electron chi connectivity index (χ1n) is 13.5. The van der Waals surface area contributed by atoms with Gasteiger partial charge in [-0.3, -0.25) is 9.00 Å². The summed E-state index contributed by atoms with van der Waals surface area (Å²) in [4.78, 5) is 26.6. The molecule has 0 N–H and O–H groups in total. The smallest absolute Gasteiger partial charge is 0.247 e. The Morgan fingerprint density at radius 1 is 1.00 bits per heavy atom. The summed E-state index contributed by atoms with van der Waals surface area (Å²) in [5.41, 5.74) is 4.37. The zero-order valence-electron chi connectivity index (χ0n) is 24.2. The second-order valence-electron chi connectivity index (χ2n) is 10.9. The molecule has 0 radical (unpaired) electrons. The SMILES string of the molecule is CC=O.CN(Cc1ccccc1)c1ccc(CN2C(=O)CCS(=O)c3ccc(-c4nnc(C(C)(C)C)o4)cc32)cc1. The molecule has 0 saturated carbocycles. The summed E-state index contributed by atoms with van der Waals surface area (Å²) in [6.45, 7) is 8.66. The van der Waals surface area contributed by atoms with Gasteiger partial charge in [-0.2, -0.15) is 0 Å². The van der Waals surface area contributed by atoms with Crippen LogP contribution in [0.15, 0.2) is 82.1 Å². The number of hydrogen-bond acceptors (Lipinski definition) is 7. The highest BCUT2D eigenvalue weighted by Gasteiger charge is 2.28. The van der Waals surface area contributed by atoms with Crippen LogP contribution in [-0.4, -0.2) is 39.4 Å². The van der Waals surface area contributed by atoms with Gasteiger partial charge in [0.05, 0.1) is 27.9 Å². The first kappa shape index (κ1) is 29.9. The van der Waals surface area contributed by atoms with E-state index in [2.05, 4.69) is 46.4 Å². The van der Waals surface area contributed by atoms with Crippen molar-refractivity contribution in [2.45, 2.75) is 57.5 Å². The van der Waals surface area contributed by atoms with Gasteiger partial charge in [0.1, 0.15) is 6.29 Å². The number of aldehydes is 1. The normalized spacial score (nSPS) is 14.9. The molecule has 0 aliphatic carbocycles. The summed E-state index contributed by atoms with van der Waals surface area (Å²) in [6, 6.07) is 24.1. The molecule has 0 spiro atoms. The third kappa shape index (κ3) is 7.35. The molecular weight excluding hydrogens is 536 g/mol. The van der Waals surface area contributed by atoms with Gasteiger partial charge in [0.15, 0.2) is 0 Å². The highest BCUT2D eigenvalue weighted by Crippen LogP contribution is 2.35. The van der Waals surface area contributed by atoms with Crippen LogP contribution in [0.2, 0.25) is 0 Å². The van der Waals surface area contributed by atoms with Crippen LogP contribution in [-0.2, 0) is 38.9 Å². The Hall–Kier alpha value is -4.11. The molecule has 3 aromatic carbocycles. The Balaban J connectivity index is 0.00000124. The lowest BCUT2D eigenvalue weighted by molar-refractivity contribution is -0.118. The van der Waals surface area contributed by atoms with Gasteiger partial charge in [-0.1, -0.05) is 63.2 Å². The molecule has 5 rings (SSSR count). The predicted molar refractivity (Wildman–Crippen MR) is 162 cm³/mol. The maximum absolute atomic E-state index is 13.2. The predicted octanol–water partition coefficient (Wildman–Crippen LogP) is 5.92. The van der Waals surface area contributed by atoms with Crippen LogP contribution < -0.4 is 9.80 Å². The van der Waals surface area contributed by atoms with Crippen molar-refractivity contribution in [1.29, 1.82) is 0 Å². The molecule has 0 fully saturated rings. The van der Waals surface area contributed by atoms with E-state index in [0.29, 0.717) is 40.2 Å². The second-order valence-corrected chi connectivity index (χ2v) is 12.4. The molecule has 1 unspecified atom stereocenters. The number of hydrogen-bond donors (Lipinski definition) is 0. The molecule has 2 heterocycles. The van der Waals surface area contributed by atoms with E-state index >= 15 is 0 Å². The average Bonchev–Trinajstić information content (AvgIpc) is 3.43. The van der Waals surface area contributed by atoms with Gasteiger partial charge >= 0.3 is 0 Å². The summed E-state index contributed by atoms with van der Waals surface area (Å²) >= 11 is 0. The van der Waals surface area contributed by atoms with E-state index in [1.807, 2.05) is 69.3 Å². The van der Waals surface area contributed by atoms with Crippen molar-refractivity contribution < 1.29 is 18.2 Å². The molecular formula is C32H36N4O4S. The minimum atomic E-state index is -1.27. The zero-order valence-corrected chi connectivity index (χ0v) is 25.0. The Morgan fingerprint density at radius 3 is 2.32 bits per heavy atom. The summed E-state index contributed by atoms with van der Waals surface area (Å²) in [7, 11) is 0.795. The minimum absolute atomic E-state index is 0.0552. The van der Waals surface area contributed by atoms with Crippen LogP contribution in [0.4, 0.5) is 11.4 Å². The third-order valence-corrected chi connectivity index (χ3v) is 8.00. The first-order chi connectivity index (χ1) is 19.6. The maximum Gasteiger partial charge on any atom is 0.247 e. The highest BCUT2D eigenvalue weighted by atomic mass is 32.2. The summed E-state index contributed by atoms with van der Waals surface area (Å²) in [6.07, 6.45) is 0.975. The second kappa shape index (κ2) is 13.0. The molecule has 9 heteroatoms. The number of aromatic nitrogens is 2. The quantitative estimate of drug-likeness (QED) is 0.265. The number of amides is 1. The number of nitrogens with zero attached hydrogens (tertiary/aromatic N) is 4. The van der Waals surface area contributed by atoms with E-state index in [0.717, 1.165) is 24.1 Å². The number of anilines is 2. The van der Waals surface area contributed by atoms with Crippen LogP contribution in [0.5, 0.6) is 0 Å². The molecule has 4 aromatic rings. The Morgan fingerprint density at radius 2 is 1.68 bits per heavy atom. The maximum atomic E-state index is 13.2. The highest BCUT2D eigenvalue weighted by molar-refractivity contribution is 7.85. The van der Waals surface area contributed by atoms with Crippen molar-refractivity contribution in [3.63, 3.8) is 0 Å². The molecule has 1 aliphatic rings. The van der Waals surface area contributed by atoms with Crippen molar-refractivity contribution >= 4 is 34.4 Å². The van der Waals surface area contributed by atoms with Gasteiger partial charge in [0, 0.05) is 42.4 Å². The van der Waals surface area contributed by atoms with Gasteiger partial charge < -0.3 is 19.0 Å². The van der Waals surface area contributed by atoms with Crippen LogP contribution in [0.25, 0.3) is 11.5 Å². The van der Waals surface area contributed by atoms with E-state index < -0.39 is 10.8 Å². The van der Waals surface area contributed by atoms with Crippen LogP contribution in [0.1, 0.15) is 51.1 Å². The minimum Gasteiger partial charge on any atom is -0.420 e. The average molecular weight is 573 g/mol. The standard InChI is InChI=1S/C30H32N4O3S.C2H4O/c1-30(2,3)29-32-31-28(37-29)23-12-15-26-25(18-23)34(27(35)16-17-38(26)36)20-22-10-13-24(14-11-22)33(4)19-21-8-6-5-7-9-21;1-2-3/h5-15,18H,16-17,19-20H2,1-4H3;2H,1H3. The van der Waals surface area contributed by atoms with Gasteiger partial charge in [0.2, 0.25) is 17.7 Å². The van der Waals surface area contributed by atoms with Crippen LogP contribution >= 0.6 is 0 Å². The lowest BCUT2D eigenvalue weighted by Gasteiger charge is -2.24. The number of rotatable bonds is 6. The largest absolute Gasteiger partial charge is 0.420 e. The van der Waals surface area contributed by atoms with Crippen molar-refractivity contribution in [1.82, 2.24) is 10.2 Å².